The monoisotopic (exact) mass is 428 g/mol. The van der Waals surface area contributed by atoms with Crippen LogP contribution in [-0.2, 0) is 9.53 Å². The highest BCUT2D eigenvalue weighted by molar-refractivity contribution is 7.12. The fourth-order valence-corrected chi connectivity index (χ4v) is 4.58. The van der Waals surface area contributed by atoms with E-state index in [2.05, 4.69) is 17.6 Å². The molecule has 1 heterocycles. The van der Waals surface area contributed by atoms with Gasteiger partial charge in [0.25, 0.3) is 5.91 Å². The molecular weight excluding hydrogens is 396 g/mol. The second-order valence-corrected chi connectivity index (χ2v) is 8.84. The van der Waals surface area contributed by atoms with Gasteiger partial charge in [-0.2, -0.15) is 0 Å². The van der Waals surface area contributed by atoms with E-state index in [1.54, 1.807) is 0 Å². The summed E-state index contributed by atoms with van der Waals surface area (Å²) in [4.78, 5) is 25.9. The Morgan fingerprint density at radius 3 is 2.40 bits per heavy atom. The van der Waals surface area contributed by atoms with Crippen molar-refractivity contribution >= 4 is 23.2 Å². The number of unbranched alkanes of at least 4 members (excludes halogenated alkanes) is 1. The second-order valence-electron chi connectivity index (χ2n) is 7.93. The van der Waals surface area contributed by atoms with Gasteiger partial charge >= 0.3 is 0 Å². The van der Waals surface area contributed by atoms with Crippen LogP contribution in [0.1, 0.15) is 62.0 Å². The highest BCUT2D eigenvalue weighted by atomic mass is 32.1. The summed E-state index contributed by atoms with van der Waals surface area (Å²) in [6, 6.07) is 12.3. The van der Waals surface area contributed by atoms with Crippen molar-refractivity contribution in [2.24, 2.45) is 0 Å². The minimum atomic E-state index is -0.413. The van der Waals surface area contributed by atoms with Crippen LogP contribution in [0, 0.1) is 0 Å². The Balaban J connectivity index is 1.46. The molecule has 1 aromatic heterocycles. The summed E-state index contributed by atoms with van der Waals surface area (Å²) in [5, 5.41) is 8.27. The molecule has 1 saturated carbocycles. The van der Waals surface area contributed by atoms with E-state index in [4.69, 9.17) is 4.74 Å². The first-order valence-electron chi connectivity index (χ1n) is 10.9. The summed E-state index contributed by atoms with van der Waals surface area (Å²) in [7, 11) is 0. The molecule has 1 atom stereocenters. The van der Waals surface area contributed by atoms with Crippen LogP contribution >= 0.6 is 11.3 Å². The van der Waals surface area contributed by atoms with Crippen molar-refractivity contribution in [3.05, 3.63) is 46.7 Å². The van der Waals surface area contributed by atoms with E-state index in [0.29, 0.717) is 6.61 Å². The summed E-state index contributed by atoms with van der Waals surface area (Å²) >= 11 is 1.48. The Morgan fingerprint density at radius 2 is 1.73 bits per heavy atom. The lowest BCUT2D eigenvalue weighted by Gasteiger charge is -2.30. The largest absolute Gasteiger partial charge is 0.369 e. The number of thiophene rings is 1. The SMILES string of the molecule is CCCCOC(C)C(=O)NC1CCC(NC(=O)c2sccc2-c2ccccc2)CC1. The van der Waals surface area contributed by atoms with Gasteiger partial charge < -0.3 is 15.4 Å². The normalized spacial score (nSPS) is 19.8. The maximum absolute atomic E-state index is 12.9. The van der Waals surface area contributed by atoms with Crippen molar-refractivity contribution in [3.8, 4) is 11.1 Å². The summed E-state index contributed by atoms with van der Waals surface area (Å²) < 4.78 is 5.58. The van der Waals surface area contributed by atoms with Crippen LogP contribution in [0.3, 0.4) is 0 Å². The van der Waals surface area contributed by atoms with Gasteiger partial charge in [-0.1, -0.05) is 43.7 Å². The minimum Gasteiger partial charge on any atom is -0.369 e. The molecule has 5 nitrogen and oxygen atoms in total. The Bertz CT molecular complexity index is 813. The van der Waals surface area contributed by atoms with E-state index >= 15 is 0 Å². The van der Waals surface area contributed by atoms with E-state index in [1.807, 2.05) is 48.7 Å². The van der Waals surface area contributed by atoms with Crippen LogP contribution in [0.4, 0.5) is 0 Å². The second kappa shape index (κ2) is 11.3. The lowest BCUT2D eigenvalue weighted by atomic mass is 9.91. The third-order valence-electron chi connectivity index (χ3n) is 5.60. The molecule has 0 saturated heterocycles. The predicted octanol–water partition coefficient (Wildman–Crippen LogP) is 4.78. The summed E-state index contributed by atoms with van der Waals surface area (Å²) in [5.74, 6) is -0.0426. The first-order chi connectivity index (χ1) is 14.6. The Labute approximate surface area is 183 Å². The van der Waals surface area contributed by atoms with Crippen molar-refractivity contribution < 1.29 is 14.3 Å². The summed E-state index contributed by atoms with van der Waals surface area (Å²) in [5.41, 5.74) is 2.04. The van der Waals surface area contributed by atoms with Gasteiger partial charge in [-0.25, -0.2) is 0 Å². The Morgan fingerprint density at radius 1 is 1.07 bits per heavy atom. The van der Waals surface area contributed by atoms with Crippen molar-refractivity contribution in [2.45, 2.75) is 70.6 Å². The molecule has 1 aliphatic carbocycles. The highest BCUT2D eigenvalue weighted by Crippen LogP contribution is 2.29. The van der Waals surface area contributed by atoms with Gasteiger partial charge in [-0.15, -0.1) is 11.3 Å². The van der Waals surface area contributed by atoms with E-state index in [-0.39, 0.29) is 23.9 Å². The number of hydrogen-bond donors (Lipinski definition) is 2. The van der Waals surface area contributed by atoms with Crippen LogP contribution in [0.25, 0.3) is 11.1 Å². The van der Waals surface area contributed by atoms with E-state index in [9.17, 15) is 9.59 Å². The molecule has 6 heteroatoms. The number of amides is 2. The summed E-state index contributed by atoms with van der Waals surface area (Å²) in [6.45, 7) is 4.53. The molecule has 2 amide bonds. The average molecular weight is 429 g/mol. The number of benzene rings is 1. The molecule has 162 valence electrons. The molecule has 1 fully saturated rings. The molecule has 30 heavy (non-hydrogen) atoms. The zero-order valence-electron chi connectivity index (χ0n) is 17.9. The topological polar surface area (TPSA) is 67.4 Å². The molecular formula is C24H32N2O3S. The zero-order valence-corrected chi connectivity index (χ0v) is 18.7. The third-order valence-corrected chi connectivity index (χ3v) is 6.51. The first kappa shape index (κ1) is 22.5. The van der Waals surface area contributed by atoms with Gasteiger partial charge in [0, 0.05) is 24.3 Å². The number of carbonyl (C=O) groups is 2. The molecule has 0 spiro atoms. The molecule has 1 aromatic carbocycles. The van der Waals surface area contributed by atoms with Gasteiger partial charge in [0.1, 0.15) is 6.10 Å². The number of hydrogen-bond acceptors (Lipinski definition) is 4. The molecule has 1 aliphatic rings. The Kier molecular flexibility index (Phi) is 8.46. The molecule has 3 rings (SSSR count). The van der Waals surface area contributed by atoms with Crippen molar-refractivity contribution in [1.29, 1.82) is 0 Å². The number of rotatable bonds is 9. The molecule has 0 bridgehead atoms. The molecule has 2 aromatic rings. The maximum Gasteiger partial charge on any atom is 0.262 e. The lowest BCUT2D eigenvalue weighted by Crippen LogP contribution is -2.46. The van der Waals surface area contributed by atoms with Gasteiger partial charge in [-0.3, -0.25) is 9.59 Å². The fourth-order valence-electron chi connectivity index (χ4n) is 3.76. The van der Waals surface area contributed by atoms with Crippen molar-refractivity contribution in [2.75, 3.05) is 6.61 Å². The van der Waals surface area contributed by atoms with E-state index in [1.165, 1.54) is 11.3 Å². The van der Waals surface area contributed by atoms with E-state index in [0.717, 1.165) is 54.5 Å². The van der Waals surface area contributed by atoms with E-state index < -0.39 is 6.10 Å². The number of nitrogens with one attached hydrogen (secondary N) is 2. The molecule has 1 unspecified atom stereocenters. The van der Waals surface area contributed by atoms with Crippen LogP contribution in [0.15, 0.2) is 41.8 Å². The van der Waals surface area contributed by atoms with Gasteiger partial charge in [0.05, 0.1) is 4.88 Å². The lowest BCUT2D eigenvalue weighted by molar-refractivity contribution is -0.132. The zero-order chi connectivity index (χ0) is 21.3. The molecule has 0 aliphatic heterocycles. The standard InChI is InChI=1S/C24H32N2O3S/c1-3-4-15-29-17(2)23(27)25-19-10-12-20(13-11-19)26-24(28)22-21(14-16-30-22)18-8-6-5-7-9-18/h5-9,14,16-17,19-20H,3-4,10-13,15H2,1-2H3,(H,25,27)(H,26,28). The van der Waals surface area contributed by atoms with Gasteiger partial charge in [0.15, 0.2) is 0 Å². The minimum absolute atomic E-state index is 0.00529. The molecule has 2 N–H and O–H groups in total. The van der Waals surface area contributed by atoms with Crippen LogP contribution in [0.5, 0.6) is 0 Å². The predicted molar refractivity (Wildman–Crippen MR) is 122 cm³/mol. The van der Waals surface area contributed by atoms with Crippen LogP contribution < -0.4 is 10.6 Å². The van der Waals surface area contributed by atoms with Crippen LogP contribution in [0.2, 0.25) is 0 Å². The Hall–Kier alpha value is -2.18. The quantitative estimate of drug-likeness (QED) is 0.565. The average Bonchev–Trinajstić information content (AvgIpc) is 3.26. The summed E-state index contributed by atoms with van der Waals surface area (Å²) in [6.07, 6.45) is 5.09. The van der Waals surface area contributed by atoms with Crippen molar-refractivity contribution in [1.82, 2.24) is 10.6 Å². The number of carbonyl (C=O) groups excluding carboxylic acids is 2. The van der Waals surface area contributed by atoms with Crippen molar-refractivity contribution in [3.63, 3.8) is 0 Å². The van der Waals surface area contributed by atoms with Gasteiger partial charge in [-0.05, 0) is 56.0 Å². The molecule has 0 radical (unpaired) electrons. The van der Waals surface area contributed by atoms with Gasteiger partial charge in [0.2, 0.25) is 5.91 Å². The highest BCUT2D eigenvalue weighted by Gasteiger charge is 2.26. The first-order valence-corrected chi connectivity index (χ1v) is 11.8. The fraction of sp³-hybridized carbons (Fsp3) is 0.500. The maximum atomic E-state index is 12.9. The van der Waals surface area contributed by atoms with Crippen LogP contribution in [-0.4, -0.2) is 36.6 Å². The third kappa shape index (κ3) is 6.16. The smallest absolute Gasteiger partial charge is 0.262 e. The number of ether oxygens (including phenoxy) is 1.